The summed E-state index contributed by atoms with van der Waals surface area (Å²) in [6.07, 6.45) is 9.26. The maximum Gasteiger partial charge on any atom is 0.229 e. The number of carbonyl (C=O) groups excluding carboxylic acids is 2. The van der Waals surface area contributed by atoms with Gasteiger partial charge in [-0.05, 0) is 56.3 Å². The average Bonchev–Trinajstić information content (AvgIpc) is 3.55. The third kappa shape index (κ3) is 4.30. The number of amides is 2. The van der Waals surface area contributed by atoms with E-state index in [2.05, 4.69) is 17.6 Å². The van der Waals surface area contributed by atoms with Crippen molar-refractivity contribution in [2.24, 2.45) is 22.7 Å². The summed E-state index contributed by atoms with van der Waals surface area (Å²) in [6.45, 7) is 4.11. The first kappa shape index (κ1) is 24.2. The normalized spacial score (nSPS) is 35.8. The summed E-state index contributed by atoms with van der Waals surface area (Å²) in [6, 6.07) is 0.302. The number of aliphatic hydroxyl groups excluding tert-OH is 2. The Kier molecular flexibility index (Phi) is 6.53. The fraction of sp³-hybridized carbons (Fsp3) is 0.808. The molecule has 1 aromatic rings. The number of fused-ring (bicyclic) bond motifs is 2. The van der Waals surface area contributed by atoms with Crippen molar-refractivity contribution < 1.29 is 19.8 Å². The summed E-state index contributed by atoms with van der Waals surface area (Å²) >= 11 is 1.51. The van der Waals surface area contributed by atoms with Gasteiger partial charge in [0.15, 0.2) is 5.13 Å². The molecule has 0 saturated heterocycles. The molecule has 0 radical (unpaired) electrons. The molecule has 0 bridgehead atoms. The highest BCUT2D eigenvalue weighted by Crippen LogP contribution is 2.62. The van der Waals surface area contributed by atoms with Crippen LogP contribution in [0.25, 0.3) is 0 Å². The number of rotatable bonds is 6. The quantitative estimate of drug-likeness (QED) is 0.486. The van der Waals surface area contributed by atoms with E-state index in [1.54, 1.807) is 0 Å². The Morgan fingerprint density at radius 1 is 1.12 bits per heavy atom. The predicted octanol–water partition coefficient (Wildman–Crippen LogP) is 3.75. The van der Waals surface area contributed by atoms with Gasteiger partial charge in [-0.1, -0.05) is 33.1 Å². The number of aliphatic hydroxyl groups is 2. The highest BCUT2D eigenvalue weighted by molar-refractivity contribution is 7.15. The van der Waals surface area contributed by atoms with Crippen molar-refractivity contribution in [3.63, 3.8) is 0 Å². The molecule has 188 valence electrons. The molecule has 3 fully saturated rings. The van der Waals surface area contributed by atoms with Crippen molar-refractivity contribution in [3.05, 3.63) is 10.6 Å². The van der Waals surface area contributed by atoms with Gasteiger partial charge in [-0.2, -0.15) is 0 Å². The first-order valence-electron chi connectivity index (χ1n) is 13.1. The van der Waals surface area contributed by atoms with Crippen molar-refractivity contribution in [2.75, 3.05) is 11.9 Å². The molecule has 2 amide bonds. The van der Waals surface area contributed by atoms with Crippen LogP contribution in [0.15, 0.2) is 0 Å². The van der Waals surface area contributed by atoms with Gasteiger partial charge in [0, 0.05) is 34.6 Å². The topological polar surface area (TPSA) is 112 Å². The Hall–Kier alpha value is -1.51. The minimum Gasteiger partial charge on any atom is -0.396 e. The fourth-order valence-electron chi connectivity index (χ4n) is 6.97. The smallest absolute Gasteiger partial charge is 0.229 e. The summed E-state index contributed by atoms with van der Waals surface area (Å²) in [5, 5.41) is 28.1. The second-order valence-corrected chi connectivity index (χ2v) is 12.8. The maximum absolute atomic E-state index is 13.0. The second kappa shape index (κ2) is 9.17. The van der Waals surface area contributed by atoms with Gasteiger partial charge >= 0.3 is 0 Å². The van der Waals surface area contributed by atoms with Crippen LogP contribution in [0.3, 0.4) is 0 Å². The van der Waals surface area contributed by atoms with E-state index in [-0.39, 0.29) is 41.6 Å². The van der Waals surface area contributed by atoms with Crippen LogP contribution >= 0.6 is 11.3 Å². The van der Waals surface area contributed by atoms with E-state index in [0.29, 0.717) is 30.4 Å². The van der Waals surface area contributed by atoms with Crippen LogP contribution in [0.5, 0.6) is 0 Å². The van der Waals surface area contributed by atoms with E-state index in [4.69, 9.17) is 4.98 Å². The van der Waals surface area contributed by atoms with E-state index in [0.717, 1.165) is 55.5 Å². The largest absolute Gasteiger partial charge is 0.396 e. The number of aromatic nitrogens is 1. The molecule has 0 aromatic carbocycles. The first-order chi connectivity index (χ1) is 16.2. The molecule has 5 rings (SSSR count). The second-order valence-electron chi connectivity index (χ2n) is 11.7. The Labute approximate surface area is 206 Å². The van der Waals surface area contributed by atoms with E-state index in [1.165, 1.54) is 17.8 Å². The summed E-state index contributed by atoms with van der Waals surface area (Å²) in [7, 11) is 0. The lowest BCUT2D eigenvalue weighted by Crippen LogP contribution is -2.57. The van der Waals surface area contributed by atoms with Crippen molar-refractivity contribution in [3.8, 4) is 0 Å². The van der Waals surface area contributed by atoms with Crippen LogP contribution in [0.4, 0.5) is 5.13 Å². The SMILES string of the molecule is CC1(CO)C(O)CCC2(C)C(CC(=O)NC3CC3)c3nc(NC(=O)C4CCCCC4)sc3CC12. The van der Waals surface area contributed by atoms with Gasteiger partial charge in [0.25, 0.3) is 0 Å². The highest BCUT2D eigenvalue weighted by Gasteiger charge is 2.59. The Balaban J connectivity index is 1.46. The van der Waals surface area contributed by atoms with Gasteiger partial charge in [-0.15, -0.1) is 11.3 Å². The van der Waals surface area contributed by atoms with Gasteiger partial charge in [-0.3, -0.25) is 9.59 Å². The van der Waals surface area contributed by atoms with Crippen LogP contribution in [0, 0.1) is 22.7 Å². The molecule has 0 aliphatic heterocycles. The summed E-state index contributed by atoms with van der Waals surface area (Å²) in [5.41, 5.74) is 0.0414. The predicted molar refractivity (Wildman–Crippen MR) is 132 cm³/mol. The molecule has 4 aliphatic carbocycles. The minimum atomic E-state index is -0.634. The summed E-state index contributed by atoms with van der Waals surface area (Å²) < 4.78 is 0. The molecule has 0 spiro atoms. The first-order valence-corrected chi connectivity index (χ1v) is 13.9. The molecular formula is C26H39N3O4S. The van der Waals surface area contributed by atoms with E-state index >= 15 is 0 Å². The minimum absolute atomic E-state index is 0.0299. The van der Waals surface area contributed by atoms with Crippen LogP contribution in [0.2, 0.25) is 0 Å². The van der Waals surface area contributed by atoms with E-state index in [1.807, 2.05) is 6.92 Å². The van der Waals surface area contributed by atoms with Gasteiger partial charge in [0.05, 0.1) is 18.4 Å². The molecule has 34 heavy (non-hydrogen) atoms. The number of anilines is 1. The van der Waals surface area contributed by atoms with Crippen molar-refractivity contribution in [1.82, 2.24) is 10.3 Å². The average molecular weight is 490 g/mol. The zero-order valence-corrected chi connectivity index (χ0v) is 21.3. The Bertz CT molecular complexity index is 940. The lowest BCUT2D eigenvalue weighted by Gasteiger charge is -2.58. The molecule has 8 heteroatoms. The maximum atomic E-state index is 13.0. The summed E-state index contributed by atoms with van der Waals surface area (Å²) in [5.74, 6) is 0.103. The third-order valence-corrected chi connectivity index (χ3v) is 10.4. The number of nitrogens with one attached hydrogen (secondary N) is 2. The lowest BCUT2D eigenvalue weighted by molar-refractivity contribution is -0.144. The standard InChI is InChI=1S/C26H39N3O4S/c1-25-11-10-20(31)26(2,14-30)19(25)13-18-22(17(25)12-21(32)27-16-8-9-16)28-24(34-18)29-23(33)15-6-4-3-5-7-15/h15-17,19-20,30-31H,3-14H2,1-2H3,(H,27,32)(H,28,29,33). The molecule has 1 heterocycles. The number of hydrogen-bond acceptors (Lipinski definition) is 6. The van der Waals surface area contributed by atoms with E-state index in [9.17, 15) is 19.8 Å². The van der Waals surface area contributed by atoms with Crippen LogP contribution in [-0.2, 0) is 16.0 Å². The van der Waals surface area contributed by atoms with Gasteiger partial charge < -0.3 is 20.8 Å². The van der Waals surface area contributed by atoms with Gasteiger partial charge in [-0.25, -0.2) is 4.98 Å². The van der Waals surface area contributed by atoms with Gasteiger partial charge in [0.1, 0.15) is 0 Å². The van der Waals surface area contributed by atoms with Crippen LogP contribution < -0.4 is 10.6 Å². The molecule has 4 N–H and O–H groups in total. The van der Waals surface area contributed by atoms with Crippen LogP contribution in [-0.4, -0.2) is 45.8 Å². The lowest BCUT2D eigenvalue weighted by atomic mass is 9.47. The number of thiazole rings is 1. The van der Waals surface area contributed by atoms with Crippen LogP contribution in [0.1, 0.15) is 94.5 Å². The Morgan fingerprint density at radius 2 is 1.85 bits per heavy atom. The fourth-order valence-corrected chi connectivity index (χ4v) is 8.04. The zero-order valence-electron chi connectivity index (χ0n) is 20.4. The third-order valence-electron chi connectivity index (χ3n) is 9.43. The monoisotopic (exact) mass is 489 g/mol. The zero-order chi connectivity index (χ0) is 24.1. The van der Waals surface area contributed by atoms with Gasteiger partial charge in [0.2, 0.25) is 11.8 Å². The van der Waals surface area contributed by atoms with Crippen molar-refractivity contribution >= 4 is 28.3 Å². The molecule has 5 atom stereocenters. The summed E-state index contributed by atoms with van der Waals surface area (Å²) in [4.78, 5) is 31.9. The molecule has 1 aromatic heterocycles. The number of nitrogens with zero attached hydrogens (tertiary/aromatic N) is 1. The van der Waals surface area contributed by atoms with E-state index < -0.39 is 11.5 Å². The highest BCUT2D eigenvalue weighted by atomic mass is 32.1. The Morgan fingerprint density at radius 3 is 2.53 bits per heavy atom. The number of hydrogen-bond donors (Lipinski definition) is 4. The molecule has 3 saturated carbocycles. The van der Waals surface area contributed by atoms with Crippen molar-refractivity contribution in [1.29, 1.82) is 0 Å². The number of carbonyl (C=O) groups is 2. The van der Waals surface area contributed by atoms with Crippen molar-refractivity contribution in [2.45, 2.75) is 103 Å². The molecule has 7 nitrogen and oxygen atoms in total. The molecular weight excluding hydrogens is 450 g/mol. The molecule has 5 unspecified atom stereocenters. The molecule has 4 aliphatic rings.